The molecule has 0 amide bonds. The second-order valence-corrected chi connectivity index (χ2v) is 5.38. The van der Waals surface area contributed by atoms with E-state index in [-0.39, 0.29) is 0 Å². The zero-order chi connectivity index (χ0) is 14.2. The van der Waals surface area contributed by atoms with Crippen LogP contribution in [0.4, 0.5) is 0 Å². The summed E-state index contributed by atoms with van der Waals surface area (Å²) in [5.41, 5.74) is 0. The van der Waals surface area contributed by atoms with Crippen molar-refractivity contribution in [2.24, 2.45) is 4.99 Å². The van der Waals surface area contributed by atoms with Gasteiger partial charge in [-0.15, -0.1) is 11.3 Å². The number of thiazole rings is 1. The Morgan fingerprint density at radius 2 is 2.40 bits per heavy atom. The van der Waals surface area contributed by atoms with Crippen molar-refractivity contribution in [1.29, 1.82) is 0 Å². The van der Waals surface area contributed by atoms with E-state index < -0.39 is 0 Å². The molecule has 2 aromatic heterocycles. The van der Waals surface area contributed by atoms with Crippen LogP contribution in [-0.4, -0.2) is 43.0 Å². The smallest absolute Gasteiger partial charge is 0.193 e. The van der Waals surface area contributed by atoms with Gasteiger partial charge in [-0.05, 0) is 12.1 Å². The third-order valence-electron chi connectivity index (χ3n) is 2.95. The second kappa shape index (κ2) is 7.69. The van der Waals surface area contributed by atoms with Crippen LogP contribution in [0.1, 0.15) is 10.8 Å². The Labute approximate surface area is 123 Å². The van der Waals surface area contributed by atoms with E-state index in [1.54, 1.807) is 24.6 Å². The topological polar surface area (TPSA) is 53.7 Å². The third-order valence-corrected chi connectivity index (χ3v) is 3.79. The number of hydrogen-bond acceptors (Lipinski definition) is 4. The van der Waals surface area contributed by atoms with E-state index in [0.29, 0.717) is 0 Å². The molecule has 108 valence electrons. The molecule has 6 heteroatoms. The number of likely N-dealkylation sites (N-methyl/N-ethyl adjacent to an activating group) is 1. The Bertz CT molecular complexity index is 507. The molecule has 20 heavy (non-hydrogen) atoms. The van der Waals surface area contributed by atoms with Gasteiger partial charge in [0.1, 0.15) is 5.76 Å². The maximum absolute atomic E-state index is 5.31. The molecule has 2 aromatic rings. The lowest BCUT2D eigenvalue weighted by molar-refractivity contribution is 0.476. The second-order valence-electron chi connectivity index (χ2n) is 4.40. The Balaban J connectivity index is 1.73. The van der Waals surface area contributed by atoms with Gasteiger partial charge in [-0.3, -0.25) is 4.99 Å². The molecule has 0 aliphatic rings. The fourth-order valence-corrected chi connectivity index (χ4v) is 2.49. The van der Waals surface area contributed by atoms with Crippen molar-refractivity contribution in [2.45, 2.75) is 12.8 Å². The molecule has 0 spiro atoms. The van der Waals surface area contributed by atoms with Crippen LogP contribution in [0.5, 0.6) is 0 Å². The van der Waals surface area contributed by atoms with Crippen LogP contribution in [0.3, 0.4) is 0 Å². The highest BCUT2D eigenvalue weighted by Gasteiger charge is 2.06. The van der Waals surface area contributed by atoms with E-state index in [2.05, 4.69) is 20.2 Å². The van der Waals surface area contributed by atoms with Gasteiger partial charge in [0.15, 0.2) is 5.96 Å². The molecule has 5 nitrogen and oxygen atoms in total. The molecule has 0 bridgehead atoms. The Kier molecular flexibility index (Phi) is 5.61. The largest absolute Gasteiger partial charge is 0.469 e. The number of guanidine groups is 1. The monoisotopic (exact) mass is 292 g/mol. The van der Waals surface area contributed by atoms with Gasteiger partial charge >= 0.3 is 0 Å². The summed E-state index contributed by atoms with van der Waals surface area (Å²) < 4.78 is 5.31. The average molecular weight is 292 g/mol. The number of furan rings is 1. The molecule has 0 aliphatic heterocycles. The van der Waals surface area contributed by atoms with E-state index in [9.17, 15) is 0 Å². The first-order chi connectivity index (χ1) is 9.79. The molecule has 0 atom stereocenters. The van der Waals surface area contributed by atoms with Crippen LogP contribution in [0, 0.1) is 0 Å². The van der Waals surface area contributed by atoms with Crippen LogP contribution in [0.2, 0.25) is 0 Å². The number of hydrogen-bond donors (Lipinski definition) is 1. The molecule has 0 saturated heterocycles. The van der Waals surface area contributed by atoms with Crippen LogP contribution < -0.4 is 5.32 Å². The highest BCUT2D eigenvalue weighted by molar-refractivity contribution is 7.09. The first kappa shape index (κ1) is 14.6. The van der Waals surface area contributed by atoms with E-state index in [4.69, 9.17) is 4.42 Å². The van der Waals surface area contributed by atoms with Crippen molar-refractivity contribution < 1.29 is 4.42 Å². The molecule has 2 rings (SSSR count). The highest BCUT2D eigenvalue weighted by atomic mass is 32.1. The van der Waals surface area contributed by atoms with Gasteiger partial charge in [0.25, 0.3) is 0 Å². The van der Waals surface area contributed by atoms with E-state index in [1.807, 2.05) is 30.8 Å². The predicted octanol–water partition coefficient (Wildman–Crippen LogP) is 2.03. The van der Waals surface area contributed by atoms with Crippen molar-refractivity contribution in [3.63, 3.8) is 0 Å². The number of aromatic nitrogens is 1. The summed E-state index contributed by atoms with van der Waals surface area (Å²) in [7, 11) is 3.84. The number of nitrogens with one attached hydrogen (secondary N) is 1. The van der Waals surface area contributed by atoms with Gasteiger partial charge in [-0.25, -0.2) is 4.98 Å². The van der Waals surface area contributed by atoms with E-state index in [0.717, 1.165) is 42.7 Å². The third kappa shape index (κ3) is 4.38. The minimum Gasteiger partial charge on any atom is -0.469 e. The van der Waals surface area contributed by atoms with Crippen LogP contribution in [0.25, 0.3) is 0 Å². The molecule has 0 unspecified atom stereocenters. The van der Waals surface area contributed by atoms with Crippen molar-refractivity contribution >= 4 is 17.3 Å². The number of rotatable bonds is 6. The highest BCUT2D eigenvalue weighted by Crippen LogP contribution is 2.05. The van der Waals surface area contributed by atoms with Crippen molar-refractivity contribution in [3.05, 3.63) is 40.7 Å². The van der Waals surface area contributed by atoms with Gasteiger partial charge in [-0.2, -0.15) is 0 Å². The average Bonchev–Trinajstić information content (AvgIpc) is 3.14. The lowest BCUT2D eigenvalue weighted by atomic mass is 10.3. The minimum atomic E-state index is 0.807. The molecule has 2 heterocycles. The summed E-state index contributed by atoms with van der Waals surface area (Å²) >= 11 is 1.69. The molecule has 0 aliphatic carbocycles. The Morgan fingerprint density at radius 1 is 1.50 bits per heavy atom. The predicted molar refractivity (Wildman–Crippen MR) is 82.2 cm³/mol. The number of nitrogens with zero attached hydrogens (tertiary/aromatic N) is 3. The van der Waals surface area contributed by atoms with Crippen molar-refractivity contribution in [2.75, 3.05) is 27.2 Å². The van der Waals surface area contributed by atoms with Crippen molar-refractivity contribution in [1.82, 2.24) is 15.2 Å². The lowest BCUT2D eigenvalue weighted by Crippen LogP contribution is -2.40. The molecule has 0 saturated carbocycles. The summed E-state index contributed by atoms with van der Waals surface area (Å²) in [5, 5.41) is 6.50. The van der Waals surface area contributed by atoms with Crippen LogP contribution in [0.15, 0.2) is 39.4 Å². The molecular weight excluding hydrogens is 272 g/mol. The SMILES string of the molecule is CN=C(NCCc1ccco1)N(C)CCc1nccs1. The summed E-state index contributed by atoms with van der Waals surface area (Å²) in [6.45, 7) is 1.70. The van der Waals surface area contributed by atoms with E-state index >= 15 is 0 Å². The van der Waals surface area contributed by atoms with Gasteiger partial charge in [0, 0.05) is 51.6 Å². The molecule has 0 fully saturated rings. The summed E-state index contributed by atoms with van der Waals surface area (Å²) in [5.74, 6) is 1.88. The fraction of sp³-hybridized carbons (Fsp3) is 0.429. The molecule has 0 radical (unpaired) electrons. The quantitative estimate of drug-likeness (QED) is 0.654. The Hall–Kier alpha value is -1.82. The van der Waals surface area contributed by atoms with Crippen LogP contribution >= 0.6 is 11.3 Å². The van der Waals surface area contributed by atoms with Gasteiger partial charge in [0.05, 0.1) is 11.3 Å². The maximum atomic E-state index is 5.31. The minimum absolute atomic E-state index is 0.807. The summed E-state index contributed by atoms with van der Waals surface area (Å²) in [6.07, 6.45) is 5.33. The maximum Gasteiger partial charge on any atom is 0.193 e. The van der Waals surface area contributed by atoms with Crippen molar-refractivity contribution in [3.8, 4) is 0 Å². The summed E-state index contributed by atoms with van der Waals surface area (Å²) in [6, 6.07) is 3.89. The van der Waals surface area contributed by atoms with E-state index in [1.165, 1.54) is 0 Å². The van der Waals surface area contributed by atoms with Crippen LogP contribution in [-0.2, 0) is 12.8 Å². The lowest BCUT2D eigenvalue weighted by Gasteiger charge is -2.21. The number of aliphatic imine (C=N–C) groups is 1. The standard InChI is InChI=1S/C14H20N4OS/c1-15-14(17-7-5-12-4-3-10-19-12)18(2)9-6-13-16-8-11-20-13/h3-4,8,10-11H,5-7,9H2,1-2H3,(H,15,17). The normalized spacial score (nSPS) is 11.6. The van der Waals surface area contributed by atoms with Gasteiger partial charge in [0.2, 0.25) is 0 Å². The van der Waals surface area contributed by atoms with Gasteiger partial charge in [-0.1, -0.05) is 0 Å². The first-order valence-corrected chi connectivity index (χ1v) is 7.50. The molecular formula is C14H20N4OS. The Morgan fingerprint density at radius 3 is 3.05 bits per heavy atom. The first-order valence-electron chi connectivity index (χ1n) is 6.62. The zero-order valence-electron chi connectivity index (χ0n) is 11.9. The fourth-order valence-electron chi connectivity index (χ4n) is 1.88. The molecule has 1 N–H and O–H groups in total. The zero-order valence-corrected chi connectivity index (χ0v) is 12.7. The summed E-state index contributed by atoms with van der Waals surface area (Å²) in [4.78, 5) is 10.7. The molecule has 0 aromatic carbocycles. The van der Waals surface area contributed by atoms with Gasteiger partial charge < -0.3 is 14.6 Å².